The van der Waals surface area contributed by atoms with Crippen molar-refractivity contribution in [2.75, 3.05) is 13.1 Å². The average molecular weight is 384 g/mol. The van der Waals surface area contributed by atoms with Crippen LogP contribution in [0.5, 0.6) is 0 Å². The van der Waals surface area contributed by atoms with Crippen LogP contribution in [0.15, 0.2) is 47.4 Å². The van der Waals surface area contributed by atoms with E-state index in [0.29, 0.717) is 5.56 Å². The first-order valence-electron chi connectivity index (χ1n) is 8.94. The molecule has 1 N–H and O–H groups in total. The molecule has 0 aliphatic carbocycles. The van der Waals surface area contributed by atoms with Crippen LogP contribution < -0.4 is 10.9 Å². The highest BCUT2D eigenvalue weighted by atomic mass is 16.6. The van der Waals surface area contributed by atoms with Crippen molar-refractivity contribution in [3.8, 4) is 0 Å². The summed E-state index contributed by atoms with van der Waals surface area (Å²) in [7, 11) is 0. The van der Waals surface area contributed by atoms with E-state index in [1.54, 1.807) is 24.3 Å². The van der Waals surface area contributed by atoms with Gasteiger partial charge in [-0.15, -0.1) is 0 Å². The fourth-order valence-electron chi connectivity index (χ4n) is 3.03. The molecule has 1 aliphatic rings. The normalized spacial score (nSPS) is 13.4. The summed E-state index contributed by atoms with van der Waals surface area (Å²) in [6, 6.07) is 9.15. The van der Waals surface area contributed by atoms with Crippen LogP contribution in [0.25, 0.3) is 0 Å². The second kappa shape index (κ2) is 8.47. The number of amides is 2. The van der Waals surface area contributed by atoms with Gasteiger partial charge < -0.3 is 10.2 Å². The summed E-state index contributed by atoms with van der Waals surface area (Å²) >= 11 is 0. The first-order chi connectivity index (χ1) is 13.4. The Hall–Kier alpha value is -3.49. The van der Waals surface area contributed by atoms with Crippen molar-refractivity contribution in [3.05, 3.63) is 74.2 Å². The zero-order valence-electron chi connectivity index (χ0n) is 15.2. The first kappa shape index (κ1) is 19.3. The third-order valence-corrected chi connectivity index (χ3v) is 4.58. The Morgan fingerprint density at radius 1 is 1.07 bits per heavy atom. The molecule has 1 aliphatic heterocycles. The van der Waals surface area contributed by atoms with Crippen LogP contribution in [-0.4, -0.2) is 39.3 Å². The zero-order chi connectivity index (χ0) is 20.1. The highest BCUT2D eigenvalue weighted by molar-refractivity contribution is 5.94. The van der Waals surface area contributed by atoms with Crippen molar-refractivity contribution in [2.45, 2.75) is 25.9 Å². The monoisotopic (exact) mass is 384 g/mol. The number of likely N-dealkylation sites (tertiary alicyclic amines) is 1. The molecule has 146 valence electrons. The second-order valence-corrected chi connectivity index (χ2v) is 6.58. The maximum Gasteiger partial charge on any atom is 0.285 e. The van der Waals surface area contributed by atoms with E-state index >= 15 is 0 Å². The number of hydrogen-bond donors (Lipinski definition) is 1. The summed E-state index contributed by atoms with van der Waals surface area (Å²) in [5, 5.41) is 13.4. The lowest BCUT2D eigenvalue weighted by molar-refractivity contribution is -0.385. The molecule has 3 rings (SSSR count). The lowest BCUT2D eigenvalue weighted by atomic mass is 10.1. The molecule has 1 aromatic carbocycles. The molecule has 0 saturated carbocycles. The Bertz CT molecular complexity index is 946. The minimum absolute atomic E-state index is 0.0122. The van der Waals surface area contributed by atoms with Gasteiger partial charge in [0.2, 0.25) is 5.91 Å². The van der Waals surface area contributed by atoms with E-state index in [1.807, 2.05) is 4.90 Å². The SMILES string of the molecule is O=C(Cn1cc([N+](=O)[O-])ccc1=O)NCc1ccc(C(=O)N2CCCC2)cc1. The fraction of sp³-hybridized carbons (Fsp3) is 0.316. The molecule has 1 aromatic heterocycles. The Balaban J connectivity index is 1.56. The highest BCUT2D eigenvalue weighted by Gasteiger charge is 2.19. The van der Waals surface area contributed by atoms with Crippen molar-refractivity contribution in [1.82, 2.24) is 14.8 Å². The minimum atomic E-state index is -0.626. The van der Waals surface area contributed by atoms with E-state index in [0.717, 1.165) is 54.4 Å². The Morgan fingerprint density at radius 2 is 1.75 bits per heavy atom. The molecule has 2 amide bonds. The number of benzene rings is 1. The molecule has 9 nitrogen and oxygen atoms in total. The average Bonchev–Trinajstić information content (AvgIpc) is 3.22. The quantitative estimate of drug-likeness (QED) is 0.596. The molecule has 0 bridgehead atoms. The van der Waals surface area contributed by atoms with Gasteiger partial charge in [-0.1, -0.05) is 12.1 Å². The molecule has 1 fully saturated rings. The molecule has 0 unspecified atom stereocenters. The lowest BCUT2D eigenvalue weighted by Crippen LogP contribution is -2.31. The van der Waals surface area contributed by atoms with Gasteiger partial charge >= 0.3 is 0 Å². The highest BCUT2D eigenvalue weighted by Crippen LogP contribution is 2.13. The Morgan fingerprint density at radius 3 is 2.39 bits per heavy atom. The molecule has 28 heavy (non-hydrogen) atoms. The van der Waals surface area contributed by atoms with E-state index in [4.69, 9.17) is 0 Å². The number of aromatic nitrogens is 1. The standard InChI is InChI=1S/C19H20N4O5/c24-17(13-22-12-16(23(27)28)7-8-18(22)25)20-11-14-3-5-15(6-4-14)19(26)21-9-1-2-10-21/h3-8,12H,1-2,9-11,13H2,(H,20,24). The van der Waals surface area contributed by atoms with E-state index < -0.39 is 16.4 Å². The van der Waals surface area contributed by atoms with Crippen molar-refractivity contribution in [3.63, 3.8) is 0 Å². The van der Waals surface area contributed by atoms with E-state index in [1.165, 1.54) is 0 Å². The smallest absolute Gasteiger partial charge is 0.285 e. The fourth-order valence-corrected chi connectivity index (χ4v) is 3.03. The zero-order valence-corrected chi connectivity index (χ0v) is 15.2. The van der Waals surface area contributed by atoms with Crippen LogP contribution in [0.2, 0.25) is 0 Å². The maximum atomic E-state index is 12.3. The van der Waals surface area contributed by atoms with Crippen molar-refractivity contribution >= 4 is 17.5 Å². The summed E-state index contributed by atoms with van der Waals surface area (Å²) in [5.41, 5.74) is 0.661. The van der Waals surface area contributed by atoms with E-state index in [9.17, 15) is 24.5 Å². The number of carbonyl (C=O) groups is 2. The van der Waals surface area contributed by atoms with Gasteiger partial charge in [-0.2, -0.15) is 0 Å². The summed E-state index contributed by atoms with van der Waals surface area (Å²) in [6.07, 6.45) is 3.10. The molecular formula is C19H20N4O5. The second-order valence-electron chi connectivity index (χ2n) is 6.58. The number of pyridine rings is 1. The van der Waals surface area contributed by atoms with Gasteiger partial charge in [-0.05, 0) is 30.5 Å². The summed E-state index contributed by atoms with van der Waals surface area (Å²) < 4.78 is 0.991. The Kier molecular flexibility index (Phi) is 5.83. The van der Waals surface area contributed by atoms with Crippen LogP contribution in [0.4, 0.5) is 5.69 Å². The largest absolute Gasteiger partial charge is 0.350 e. The third kappa shape index (κ3) is 4.61. The molecule has 2 aromatic rings. The van der Waals surface area contributed by atoms with Gasteiger partial charge in [0.25, 0.3) is 17.2 Å². The van der Waals surface area contributed by atoms with Crippen molar-refractivity contribution < 1.29 is 14.5 Å². The van der Waals surface area contributed by atoms with Crippen LogP contribution >= 0.6 is 0 Å². The van der Waals surface area contributed by atoms with Gasteiger partial charge in [-0.3, -0.25) is 29.1 Å². The minimum Gasteiger partial charge on any atom is -0.350 e. The number of nitrogens with one attached hydrogen (secondary N) is 1. The number of nitro groups is 1. The topological polar surface area (TPSA) is 115 Å². The van der Waals surface area contributed by atoms with Crippen LogP contribution in [-0.2, 0) is 17.9 Å². The number of rotatable bonds is 6. The maximum absolute atomic E-state index is 12.3. The van der Waals surface area contributed by atoms with Gasteiger partial charge in [0, 0.05) is 37.3 Å². The lowest BCUT2D eigenvalue weighted by Gasteiger charge is -2.15. The Labute approximate surface area is 160 Å². The van der Waals surface area contributed by atoms with E-state index in [-0.39, 0.29) is 24.7 Å². The number of hydrogen-bond acceptors (Lipinski definition) is 5. The van der Waals surface area contributed by atoms with Crippen LogP contribution in [0.3, 0.4) is 0 Å². The predicted molar refractivity (Wildman–Crippen MR) is 101 cm³/mol. The molecule has 0 spiro atoms. The number of nitrogens with zero attached hydrogens (tertiary/aromatic N) is 3. The van der Waals surface area contributed by atoms with Gasteiger partial charge in [0.05, 0.1) is 11.1 Å². The summed E-state index contributed by atoms with van der Waals surface area (Å²) in [4.78, 5) is 48.1. The van der Waals surface area contributed by atoms with Crippen LogP contribution in [0.1, 0.15) is 28.8 Å². The van der Waals surface area contributed by atoms with Gasteiger partial charge in [0.15, 0.2) is 0 Å². The molecule has 1 saturated heterocycles. The van der Waals surface area contributed by atoms with Gasteiger partial charge in [0.1, 0.15) is 6.54 Å². The van der Waals surface area contributed by atoms with Crippen LogP contribution in [0, 0.1) is 10.1 Å². The summed E-state index contributed by atoms with van der Waals surface area (Å²) in [5.74, 6) is -0.432. The number of carbonyl (C=O) groups excluding carboxylic acids is 2. The van der Waals surface area contributed by atoms with E-state index in [2.05, 4.69) is 5.32 Å². The third-order valence-electron chi connectivity index (χ3n) is 4.58. The molecule has 0 radical (unpaired) electrons. The molecular weight excluding hydrogens is 364 g/mol. The summed E-state index contributed by atoms with van der Waals surface area (Å²) in [6.45, 7) is 1.48. The van der Waals surface area contributed by atoms with Crippen molar-refractivity contribution in [1.29, 1.82) is 0 Å². The molecule has 9 heteroatoms. The van der Waals surface area contributed by atoms with Crippen molar-refractivity contribution in [2.24, 2.45) is 0 Å². The molecule has 0 atom stereocenters. The predicted octanol–water partition coefficient (Wildman–Crippen LogP) is 1.31. The molecule has 2 heterocycles. The van der Waals surface area contributed by atoms with Gasteiger partial charge in [-0.25, -0.2) is 0 Å². The first-order valence-corrected chi connectivity index (χ1v) is 8.94.